The normalized spacial score (nSPS) is 14.4. The van der Waals surface area contributed by atoms with Crippen LogP contribution in [0.15, 0.2) is 12.1 Å². The third-order valence-electron chi connectivity index (χ3n) is 2.21. The summed E-state index contributed by atoms with van der Waals surface area (Å²) in [5, 5.41) is 9.58. The first-order valence-corrected chi connectivity index (χ1v) is 4.91. The molecule has 5 heteroatoms. The third kappa shape index (κ3) is 1.81. The number of phenols is 1. The summed E-state index contributed by atoms with van der Waals surface area (Å²) >= 11 is 0. The highest BCUT2D eigenvalue weighted by atomic mass is 19.1. The van der Waals surface area contributed by atoms with Crippen LogP contribution < -0.4 is 15.2 Å². The predicted molar refractivity (Wildman–Crippen MR) is 57.1 cm³/mol. The molecule has 0 bridgehead atoms. The first-order chi connectivity index (χ1) is 7.74. The van der Waals surface area contributed by atoms with Gasteiger partial charge in [0.25, 0.3) is 0 Å². The predicted octanol–water partition coefficient (Wildman–Crippen LogP) is 1.27. The number of phenolic OH excluding ortho intramolecular Hbond substituents is 1. The minimum Gasteiger partial charge on any atom is -0.504 e. The van der Waals surface area contributed by atoms with Crippen molar-refractivity contribution in [3.63, 3.8) is 0 Å². The van der Waals surface area contributed by atoms with E-state index in [1.807, 2.05) is 0 Å². The largest absolute Gasteiger partial charge is 0.504 e. The van der Waals surface area contributed by atoms with Crippen LogP contribution in [0.1, 0.15) is 5.56 Å². The van der Waals surface area contributed by atoms with Crippen LogP contribution in [0.3, 0.4) is 0 Å². The summed E-state index contributed by atoms with van der Waals surface area (Å²) < 4.78 is 24.0. The monoisotopic (exact) mass is 225 g/mol. The van der Waals surface area contributed by atoms with Crippen molar-refractivity contribution in [3.05, 3.63) is 23.5 Å². The fraction of sp³-hybridized carbons (Fsp3) is 0.273. The lowest BCUT2D eigenvalue weighted by molar-refractivity contribution is 0.162. The highest BCUT2D eigenvalue weighted by Crippen LogP contribution is 2.40. The SMILES string of the molecule is NC/C=C/c1cc2c(c(F)c1O)OCCO2. The molecule has 4 nitrogen and oxygen atoms in total. The van der Waals surface area contributed by atoms with Crippen molar-refractivity contribution in [3.8, 4) is 17.2 Å². The molecule has 0 saturated carbocycles. The molecular formula is C11H12FNO3. The molecule has 86 valence electrons. The van der Waals surface area contributed by atoms with Crippen LogP contribution in [-0.4, -0.2) is 24.9 Å². The van der Waals surface area contributed by atoms with Gasteiger partial charge in [-0.15, -0.1) is 0 Å². The molecule has 16 heavy (non-hydrogen) atoms. The number of benzene rings is 1. The van der Waals surface area contributed by atoms with Gasteiger partial charge >= 0.3 is 0 Å². The second kappa shape index (κ2) is 4.40. The van der Waals surface area contributed by atoms with Gasteiger partial charge < -0.3 is 20.3 Å². The Bertz CT molecular complexity index is 432. The number of fused-ring (bicyclic) bond motifs is 1. The molecule has 0 unspecified atom stereocenters. The molecular weight excluding hydrogens is 213 g/mol. The molecule has 0 saturated heterocycles. The van der Waals surface area contributed by atoms with Gasteiger partial charge in [0.1, 0.15) is 13.2 Å². The fourth-order valence-electron chi connectivity index (χ4n) is 1.48. The lowest BCUT2D eigenvalue weighted by Gasteiger charge is -2.19. The van der Waals surface area contributed by atoms with E-state index in [0.29, 0.717) is 24.5 Å². The summed E-state index contributed by atoms with van der Waals surface area (Å²) in [6.45, 7) is 0.966. The maximum Gasteiger partial charge on any atom is 0.211 e. The van der Waals surface area contributed by atoms with E-state index in [-0.39, 0.29) is 12.4 Å². The van der Waals surface area contributed by atoms with E-state index >= 15 is 0 Å². The lowest BCUT2D eigenvalue weighted by Crippen LogP contribution is -2.16. The van der Waals surface area contributed by atoms with Crippen molar-refractivity contribution in [1.29, 1.82) is 0 Å². The van der Waals surface area contributed by atoms with Gasteiger partial charge in [0, 0.05) is 12.1 Å². The van der Waals surface area contributed by atoms with E-state index in [1.165, 1.54) is 12.1 Å². The molecule has 0 aromatic heterocycles. The van der Waals surface area contributed by atoms with E-state index in [4.69, 9.17) is 15.2 Å². The summed E-state index contributed by atoms with van der Waals surface area (Å²) in [7, 11) is 0. The Labute approximate surface area is 92.1 Å². The number of hydrogen-bond acceptors (Lipinski definition) is 4. The van der Waals surface area contributed by atoms with Crippen molar-refractivity contribution < 1.29 is 19.0 Å². The number of hydrogen-bond donors (Lipinski definition) is 2. The lowest BCUT2D eigenvalue weighted by atomic mass is 10.1. The minimum absolute atomic E-state index is 0.0337. The Kier molecular flexibility index (Phi) is 2.96. The molecule has 1 aliphatic rings. The van der Waals surface area contributed by atoms with Crippen molar-refractivity contribution in [2.75, 3.05) is 19.8 Å². The van der Waals surface area contributed by atoms with E-state index in [0.717, 1.165) is 0 Å². The van der Waals surface area contributed by atoms with Gasteiger partial charge in [0.15, 0.2) is 11.5 Å². The maximum absolute atomic E-state index is 13.7. The van der Waals surface area contributed by atoms with Crippen molar-refractivity contribution in [2.45, 2.75) is 0 Å². The van der Waals surface area contributed by atoms with E-state index in [9.17, 15) is 9.50 Å². The van der Waals surface area contributed by atoms with Crippen molar-refractivity contribution in [1.82, 2.24) is 0 Å². The Morgan fingerprint density at radius 2 is 2.19 bits per heavy atom. The number of rotatable bonds is 2. The number of nitrogens with two attached hydrogens (primary N) is 1. The molecule has 0 spiro atoms. The highest BCUT2D eigenvalue weighted by molar-refractivity contribution is 5.64. The molecule has 0 radical (unpaired) electrons. The van der Waals surface area contributed by atoms with Crippen LogP contribution in [0.5, 0.6) is 17.2 Å². The van der Waals surface area contributed by atoms with Crippen LogP contribution in [0.4, 0.5) is 4.39 Å². The minimum atomic E-state index is -0.797. The van der Waals surface area contributed by atoms with Crippen LogP contribution >= 0.6 is 0 Å². The summed E-state index contributed by atoms with van der Waals surface area (Å²) in [5.41, 5.74) is 5.61. The van der Waals surface area contributed by atoms with Gasteiger partial charge in [-0.1, -0.05) is 12.2 Å². The maximum atomic E-state index is 13.7. The number of aromatic hydroxyl groups is 1. The molecule has 1 heterocycles. The fourth-order valence-corrected chi connectivity index (χ4v) is 1.48. The van der Waals surface area contributed by atoms with Crippen LogP contribution in [0, 0.1) is 5.82 Å². The topological polar surface area (TPSA) is 64.7 Å². The molecule has 0 aliphatic carbocycles. The molecule has 2 rings (SSSR count). The molecule has 1 aromatic rings. The van der Waals surface area contributed by atoms with Gasteiger partial charge in [-0.3, -0.25) is 0 Å². The van der Waals surface area contributed by atoms with Crippen molar-refractivity contribution >= 4 is 6.08 Å². The Morgan fingerprint density at radius 3 is 2.94 bits per heavy atom. The van der Waals surface area contributed by atoms with Gasteiger partial charge in [-0.2, -0.15) is 4.39 Å². The summed E-state index contributed by atoms with van der Waals surface area (Å²) in [6.07, 6.45) is 3.15. The summed E-state index contributed by atoms with van der Waals surface area (Å²) in [4.78, 5) is 0. The van der Waals surface area contributed by atoms with Gasteiger partial charge in [0.2, 0.25) is 11.6 Å². The zero-order chi connectivity index (χ0) is 11.5. The molecule has 1 aromatic carbocycles. The zero-order valence-corrected chi connectivity index (χ0v) is 8.57. The Balaban J connectivity index is 2.48. The standard InChI is InChI=1S/C11H12FNO3/c12-9-10(14)7(2-1-3-13)6-8-11(9)16-5-4-15-8/h1-2,6,14H,3-5,13H2/b2-1+. The second-order valence-electron chi connectivity index (χ2n) is 3.29. The molecule has 0 amide bonds. The van der Waals surface area contributed by atoms with Gasteiger partial charge in [-0.05, 0) is 6.07 Å². The molecule has 0 atom stereocenters. The molecule has 1 aliphatic heterocycles. The van der Waals surface area contributed by atoms with Crippen LogP contribution in [0.2, 0.25) is 0 Å². The zero-order valence-electron chi connectivity index (χ0n) is 8.57. The first kappa shape index (κ1) is 10.8. The van der Waals surface area contributed by atoms with E-state index < -0.39 is 11.6 Å². The molecule has 3 N–H and O–H groups in total. The van der Waals surface area contributed by atoms with Crippen molar-refractivity contribution in [2.24, 2.45) is 5.73 Å². The second-order valence-corrected chi connectivity index (χ2v) is 3.29. The first-order valence-electron chi connectivity index (χ1n) is 4.91. The number of halogens is 1. The smallest absolute Gasteiger partial charge is 0.211 e. The van der Waals surface area contributed by atoms with E-state index in [2.05, 4.69) is 0 Å². The molecule has 0 fully saturated rings. The van der Waals surface area contributed by atoms with Gasteiger partial charge in [-0.25, -0.2) is 0 Å². The Morgan fingerprint density at radius 1 is 1.44 bits per heavy atom. The van der Waals surface area contributed by atoms with E-state index in [1.54, 1.807) is 6.08 Å². The summed E-state index contributed by atoms with van der Waals surface area (Å²) in [6, 6.07) is 1.53. The van der Waals surface area contributed by atoms with Crippen LogP contribution in [0.25, 0.3) is 6.08 Å². The highest BCUT2D eigenvalue weighted by Gasteiger charge is 2.21. The summed E-state index contributed by atoms with van der Waals surface area (Å²) in [5.74, 6) is -0.977. The number of ether oxygens (including phenoxy) is 2. The average molecular weight is 225 g/mol. The van der Waals surface area contributed by atoms with Gasteiger partial charge in [0.05, 0.1) is 0 Å². The average Bonchev–Trinajstić information content (AvgIpc) is 2.32. The Hall–Kier alpha value is -1.75. The quantitative estimate of drug-likeness (QED) is 0.795. The van der Waals surface area contributed by atoms with Crippen LogP contribution in [-0.2, 0) is 0 Å². The third-order valence-corrected chi connectivity index (χ3v) is 2.21.